The van der Waals surface area contributed by atoms with Crippen LogP contribution in [-0.4, -0.2) is 13.0 Å². The van der Waals surface area contributed by atoms with Gasteiger partial charge in [0.25, 0.3) is 5.91 Å². The van der Waals surface area contributed by atoms with Crippen LogP contribution in [0, 0.1) is 18.3 Å². The van der Waals surface area contributed by atoms with Gasteiger partial charge < -0.3 is 14.8 Å². The number of methoxy groups -OCH3 is 1. The van der Waals surface area contributed by atoms with Crippen LogP contribution in [0.4, 0.5) is 5.69 Å². The molecular formula is C25H21ClN2O3. The molecule has 0 fully saturated rings. The molecule has 0 saturated heterocycles. The van der Waals surface area contributed by atoms with Crippen molar-refractivity contribution in [1.29, 1.82) is 5.26 Å². The van der Waals surface area contributed by atoms with E-state index in [1.165, 1.54) is 13.2 Å². The molecule has 3 rings (SSSR count). The lowest BCUT2D eigenvalue weighted by atomic mass is 10.1. The number of para-hydroxylation sites is 1. The van der Waals surface area contributed by atoms with Gasteiger partial charge >= 0.3 is 0 Å². The van der Waals surface area contributed by atoms with Crippen molar-refractivity contribution in [3.8, 4) is 17.6 Å². The minimum atomic E-state index is -0.477. The largest absolute Gasteiger partial charge is 0.493 e. The number of rotatable bonds is 7. The van der Waals surface area contributed by atoms with E-state index in [2.05, 4.69) is 5.32 Å². The first-order valence-electron chi connectivity index (χ1n) is 9.55. The highest BCUT2D eigenvalue weighted by atomic mass is 35.5. The number of carbonyl (C=O) groups is 1. The summed E-state index contributed by atoms with van der Waals surface area (Å²) in [7, 11) is 1.53. The van der Waals surface area contributed by atoms with Crippen LogP contribution in [0.1, 0.15) is 16.7 Å². The molecule has 0 unspecified atom stereocenters. The zero-order valence-corrected chi connectivity index (χ0v) is 17.9. The molecule has 0 atom stereocenters. The van der Waals surface area contributed by atoms with Gasteiger partial charge in [-0.25, -0.2) is 0 Å². The number of nitriles is 1. The molecule has 0 aliphatic heterocycles. The minimum Gasteiger partial charge on any atom is -0.493 e. The van der Waals surface area contributed by atoms with E-state index in [1.54, 1.807) is 30.3 Å². The SMILES string of the molecule is COc1cc(/C=C(/C#N)C(=O)Nc2ccccc2C)ccc1OCc1ccccc1Cl. The first-order chi connectivity index (χ1) is 15.0. The van der Waals surface area contributed by atoms with Crippen molar-refractivity contribution >= 4 is 29.3 Å². The maximum absolute atomic E-state index is 12.5. The van der Waals surface area contributed by atoms with Crippen molar-refractivity contribution in [3.05, 3.63) is 94.0 Å². The third-order valence-electron chi connectivity index (χ3n) is 4.60. The van der Waals surface area contributed by atoms with Gasteiger partial charge in [0.05, 0.1) is 7.11 Å². The van der Waals surface area contributed by atoms with Crippen LogP contribution in [0.2, 0.25) is 5.02 Å². The fourth-order valence-corrected chi connectivity index (χ4v) is 3.07. The zero-order valence-electron chi connectivity index (χ0n) is 17.2. The smallest absolute Gasteiger partial charge is 0.266 e. The summed E-state index contributed by atoms with van der Waals surface area (Å²) in [5.41, 5.74) is 3.05. The van der Waals surface area contributed by atoms with E-state index in [4.69, 9.17) is 21.1 Å². The molecule has 0 radical (unpaired) electrons. The number of nitrogens with one attached hydrogen (secondary N) is 1. The quantitative estimate of drug-likeness (QED) is 0.379. The average molecular weight is 433 g/mol. The fraction of sp³-hybridized carbons (Fsp3) is 0.120. The fourth-order valence-electron chi connectivity index (χ4n) is 2.88. The molecule has 1 N–H and O–H groups in total. The highest BCUT2D eigenvalue weighted by Crippen LogP contribution is 2.30. The lowest BCUT2D eigenvalue weighted by molar-refractivity contribution is -0.112. The molecule has 0 spiro atoms. The highest BCUT2D eigenvalue weighted by molar-refractivity contribution is 6.31. The van der Waals surface area contributed by atoms with Crippen LogP contribution >= 0.6 is 11.6 Å². The Bertz CT molecular complexity index is 1170. The maximum atomic E-state index is 12.5. The molecule has 156 valence electrons. The van der Waals surface area contributed by atoms with Gasteiger partial charge in [-0.15, -0.1) is 0 Å². The Hall–Kier alpha value is -3.75. The van der Waals surface area contributed by atoms with E-state index in [0.717, 1.165) is 11.1 Å². The number of amides is 1. The first-order valence-corrected chi connectivity index (χ1v) is 9.92. The van der Waals surface area contributed by atoms with E-state index < -0.39 is 5.91 Å². The van der Waals surface area contributed by atoms with Crippen molar-refractivity contribution in [3.63, 3.8) is 0 Å². The topological polar surface area (TPSA) is 71.3 Å². The Morgan fingerprint density at radius 2 is 1.84 bits per heavy atom. The molecule has 0 aromatic heterocycles. The normalized spacial score (nSPS) is 10.8. The molecular weight excluding hydrogens is 412 g/mol. The molecule has 0 aliphatic rings. The van der Waals surface area contributed by atoms with Gasteiger partial charge in [-0.1, -0.05) is 54.1 Å². The lowest BCUT2D eigenvalue weighted by Gasteiger charge is -2.12. The Morgan fingerprint density at radius 3 is 2.55 bits per heavy atom. The van der Waals surface area contributed by atoms with Crippen LogP contribution in [0.15, 0.2) is 72.3 Å². The number of hydrogen-bond acceptors (Lipinski definition) is 4. The predicted octanol–water partition coefficient (Wildman–Crippen LogP) is 5.78. The van der Waals surface area contributed by atoms with Gasteiger partial charge in [-0.3, -0.25) is 4.79 Å². The molecule has 0 heterocycles. The predicted molar refractivity (Wildman–Crippen MR) is 122 cm³/mol. The third kappa shape index (κ3) is 5.65. The second kappa shape index (κ2) is 10.3. The molecule has 31 heavy (non-hydrogen) atoms. The van der Waals surface area contributed by atoms with Crippen LogP contribution in [0.5, 0.6) is 11.5 Å². The third-order valence-corrected chi connectivity index (χ3v) is 4.97. The van der Waals surface area contributed by atoms with Gasteiger partial charge in [0.1, 0.15) is 18.2 Å². The van der Waals surface area contributed by atoms with Crippen molar-refractivity contribution in [2.75, 3.05) is 12.4 Å². The van der Waals surface area contributed by atoms with E-state index in [9.17, 15) is 10.1 Å². The summed E-state index contributed by atoms with van der Waals surface area (Å²) in [6.45, 7) is 2.17. The number of nitrogens with zero attached hydrogens (tertiary/aromatic N) is 1. The molecule has 0 saturated carbocycles. The summed E-state index contributed by atoms with van der Waals surface area (Å²) in [6, 6.07) is 22.0. The number of benzene rings is 3. The van der Waals surface area contributed by atoms with Gasteiger partial charge in [-0.2, -0.15) is 5.26 Å². The summed E-state index contributed by atoms with van der Waals surface area (Å²) >= 11 is 6.17. The molecule has 1 amide bonds. The second-order valence-electron chi connectivity index (χ2n) is 6.73. The summed E-state index contributed by atoms with van der Waals surface area (Å²) in [5.74, 6) is 0.537. The van der Waals surface area contributed by atoms with Gasteiger partial charge in [0.15, 0.2) is 11.5 Å². The van der Waals surface area contributed by atoms with E-state index in [0.29, 0.717) is 27.8 Å². The van der Waals surface area contributed by atoms with Gasteiger partial charge in [0, 0.05) is 16.3 Å². The number of carbonyl (C=O) groups excluding carboxylic acids is 1. The van der Waals surface area contributed by atoms with Crippen LogP contribution in [0.25, 0.3) is 6.08 Å². The van der Waals surface area contributed by atoms with Crippen LogP contribution in [-0.2, 0) is 11.4 Å². The molecule has 3 aromatic carbocycles. The second-order valence-corrected chi connectivity index (χ2v) is 7.14. The average Bonchev–Trinajstić information content (AvgIpc) is 2.78. The summed E-state index contributed by atoms with van der Waals surface area (Å²) < 4.78 is 11.3. The molecule has 3 aromatic rings. The summed E-state index contributed by atoms with van der Waals surface area (Å²) in [6.07, 6.45) is 1.51. The summed E-state index contributed by atoms with van der Waals surface area (Å²) in [4.78, 5) is 12.5. The van der Waals surface area contributed by atoms with Crippen molar-refractivity contribution < 1.29 is 14.3 Å². The number of anilines is 1. The van der Waals surface area contributed by atoms with Crippen LogP contribution < -0.4 is 14.8 Å². The molecule has 0 bridgehead atoms. The van der Waals surface area contributed by atoms with Crippen molar-refractivity contribution in [2.24, 2.45) is 0 Å². The van der Waals surface area contributed by atoms with Gasteiger partial charge in [-0.05, 0) is 48.4 Å². The molecule has 5 nitrogen and oxygen atoms in total. The number of aryl methyl sites for hydroxylation is 1. The Morgan fingerprint density at radius 1 is 1.10 bits per heavy atom. The van der Waals surface area contributed by atoms with Gasteiger partial charge in [0.2, 0.25) is 0 Å². The number of halogens is 1. The van der Waals surface area contributed by atoms with Crippen LogP contribution in [0.3, 0.4) is 0 Å². The number of hydrogen-bond donors (Lipinski definition) is 1. The van der Waals surface area contributed by atoms with E-state index in [1.807, 2.05) is 49.4 Å². The molecule has 6 heteroatoms. The van der Waals surface area contributed by atoms with E-state index >= 15 is 0 Å². The summed E-state index contributed by atoms with van der Waals surface area (Å²) in [5, 5.41) is 12.9. The monoisotopic (exact) mass is 432 g/mol. The van der Waals surface area contributed by atoms with Crippen molar-refractivity contribution in [2.45, 2.75) is 13.5 Å². The van der Waals surface area contributed by atoms with E-state index in [-0.39, 0.29) is 12.2 Å². The lowest BCUT2D eigenvalue weighted by Crippen LogP contribution is -2.14. The molecule has 0 aliphatic carbocycles. The number of ether oxygens (including phenoxy) is 2. The standard InChI is InChI=1S/C25H21ClN2O3/c1-17-7-3-6-10-22(17)28-25(29)20(15-27)13-18-11-12-23(24(14-18)30-2)31-16-19-8-4-5-9-21(19)26/h3-14H,16H2,1-2H3,(H,28,29)/b20-13-. The first kappa shape index (κ1) is 21.9. The minimum absolute atomic E-state index is 0.0185. The Labute approximate surface area is 186 Å². The maximum Gasteiger partial charge on any atom is 0.266 e. The Kier molecular flexibility index (Phi) is 7.31. The van der Waals surface area contributed by atoms with Crippen molar-refractivity contribution in [1.82, 2.24) is 0 Å². The highest BCUT2D eigenvalue weighted by Gasteiger charge is 2.12. The Balaban J connectivity index is 1.77. The zero-order chi connectivity index (χ0) is 22.2.